The second-order valence-corrected chi connectivity index (χ2v) is 5.35. The molecule has 0 saturated carbocycles. The first-order valence-electron chi connectivity index (χ1n) is 6.26. The molecule has 0 spiro atoms. The standard InChI is InChI=1S/C16H11BrN2O2/c17-10-5-7-11(8-6-10)21-15-12-3-1-2-4-14(12)19-9-13(15)16(18)20/h1-9H,(H2,18,20). The Morgan fingerprint density at radius 2 is 1.81 bits per heavy atom. The van der Waals surface area contributed by atoms with Crippen LogP contribution in [-0.2, 0) is 0 Å². The summed E-state index contributed by atoms with van der Waals surface area (Å²) in [5.74, 6) is 0.479. The maximum atomic E-state index is 11.6. The molecular formula is C16H11BrN2O2. The van der Waals surface area contributed by atoms with Crippen LogP contribution in [0, 0.1) is 0 Å². The molecule has 5 heteroatoms. The highest BCUT2D eigenvalue weighted by molar-refractivity contribution is 9.10. The number of primary amides is 1. The van der Waals surface area contributed by atoms with E-state index in [-0.39, 0.29) is 5.56 Å². The number of pyridine rings is 1. The molecule has 0 bridgehead atoms. The van der Waals surface area contributed by atoms with Gasteiger partial charge in [-0.15, -0.1) is 0 Å². The lowest BCUT2D eigenvalue weighted by Gasteiger charge is -2.12. The predicted molar refractivity (Wildman–Crippen MR) is 84.5 cm³/mol. The minimum absolute atomic E-state index is 0.261. The van der Waals surface area contributed by atoms with E-state index in [0.717, 1.165) is 15.4 Å². The second-order valence-electron chi connectivity index (χ2n) is 4.44. The summed E-state index contributed by atoms with van der Waals surface area (Å²) in [7, 11) is 0. The van der Waals surface area contributed by atoms with Crippen LogP contribution in [0.15, 0.2) is 59.2 Å². The van der Waals surface area contributed by atoms with Gasteiger partial charge >= 0.3 is 0 Å². The molecule has 1 aromatic heterocycles. The van der Waals surface area contributed by atoms with E-state index < -0.39 is 5.91 Å². The van der Waals surface area contributed by atoms with Gasteiger partial charge in [0, 0.05) is 16.1 Å². The molecule has 21 heavy (non-hydrogen) atoms. The van der Waals surface area contributed by atoms with Crippen molar-refractivity contribution in [3.05, 3.63) is 64.8 Å². The number of carbonyl (C=O) groups is 1. The van der Waals surface area contributed by atoms with Crippen LogP contribution in [0.5, 0.6) is 11.5 Å². The summed E-state index contributed by atoms with van der Waals surface area (Å²) in [5, 5.41) is 0.747. The summed E-state index contributed by atoms with van der Waals surface area (Å²) in [4.78, 5) is 15.8. The fraction of sp³-hybridized carbons (Fsp3) is 0. The maximum Gasteiger partial charge on any atom is 0.254 e. The summed E-state index contributed by atoms with van der Waals surface area (Å²) >= 11 is 3.37. The quantitative estimate of drug-likeness (QED) is 0.785. The van der Waals surface area contributed by atoms with Gasteiger partial charge in [-0.25, -0.2) is 0 Å². The van der Waals surface area contributed by atoms with E-state index in [0.29, 0.717) is 11.5 Å². The van der Waals surface area contributed by atoms with E-state index in [4.69, 9.17) is 10.5 Å². The fourth-order valence-corrected chi connectivity index (χ4v) is 2.29. The van der Waals surface area contributed by atoms with Crippen molar-refractivity contribution in [3.63, 3.8) is 0 Å². The van der Waals surface area contributed by atoms with Gasteiger partial charge in [0.05, 0.1) is 5.52 Å². The molecule has 104 valence electrons. The molecule has 0 aliphatic rings. The van der Waals surface area contributed by atoms with Crippen molar-refractivity contribution in [2.45, 2.75) is 0 Å². The Kier molecular flexibility index (Phi) is 3.58. The molecule has 0 atom stereocenters. The molecule has 3 rings (SSSR count). The number of hydrogen-bond acceptors (Lipinski definition) is 3. The van der Waals surface area contributed by atoms with Crippen LogP contribution in [0.2, 0.25) is 0 Å². The monoisotopic (exact) mass is 342 g/mol. The van der Waals surface area contributed by atoms with Gasteiger partial charge in [0.2, 0.25) is 0 Å². The van der Waals surface area contributed by atoms with Crippen molar-refractivity contribution in [1.82, 2.24) is 4.98 Å². The molecule has 1 heterocycles. The highest BCUT2D eigenvalue weighted by Gasteiger charge is 2.15. The number of carbonyl (C=O) groups excluding carboxylic acids is 1. The number of amides is 1. The lowest BCUT2D eigenvalue weighted by Crippen LogP contribution is -2.13. The van der Waals surface area contributed by atoms with Crippen LogP contribution < -0.4 is 10.5 Å². The minimum Gasteiger partial charge on any atom is -0.456 e. The SMILES string of the molecule is NC(=O)c1cnc2ccccc2c1Oc1ccc(Br)cc1. The summed E-state index contributed by atoms with van der Waals surface area (Å²) in [6, 6.07) is 14.8. The molecule has 2 aromatic carbocycles. The Hall–Kier alpha value is -2.40. The summed E-state index contributed by atoms with van der Waals surface area (Å²) in [6.07, 6.45) is 1.44. The van der Waals surface area contributed by atoms with E-state index in [1.807, 2.05) is 48.5 Å². The van der Waals surface area contributed by atoms with Gasteiger partial charge in [-0.1, -0.05) is 28.1 Å². The van der Waals surface area contributed by atoms with Crippen LogP contribution >= 0.6 is 15.9 Å². The van der Waals surface area contributed by atoms with E-state index >= 15 is 0 Å². The van der Waals surface area contributed by atoms with E-state index in [2.05, 4.69) is 20.9 Å². The average Bonchev–Trinajstić information content (AvgIpc) is 2.49. The first-order chi connectivity index (χ1) is 10.1. The zero-order chi connectivity index (χ0) is 14.8. The number of aromatic nitrogens is 1. The number of para-hydroxylation sites is 1. The molecule has 4 nitrogen and oxygen atoms in total. The topological polar surface area (TPSA) is 65.2 Å². The van der Waals surface area contributed by atoms with Gasteiger partial charge in [0.1, 0.15) is 11.3 Å². The number of nitrogens with two attached hydrogens (primary N) is 1. The zero-order valence-corrected chi connectivity index (χ0v) is 12.5. The molecule has 0 saturated heterocycles. The molecule has 1 amide bonds. The molecule has 0 aliphatic carbocycles. The van der Waals surface area contributed by atoms with Crippen molar-refractivity contribution >= 4 is 32.7 Å². The molecule has 0 radical (unpaired) electrons. The van der Waals surface area contributed by atoms with Crippen LogP contribution in [0.4, 0.5) is 0 Å². The number of fused-ring (bicyclic) bond motifs is 1. The van der Waals surface area contributed by atoms with Gasteiger partial charge in [0.15, 0.2) is 5.75 Å². The van der Waals surface area contributed by atoms with Gasteiger partial charge in [-0.05, 0) is 36.4 Å². The summed E-state index contributed by atoms with van der Waals surface area (Å²) < 4.78 is 6.83. The number of hydrogen-bond donors (Lipinski definition) is 1. The van der Waals surface area contributed by atoms with Crippen molar-refractivity contribution in [2.24, 2.45) is 5.73 Å². The van der Waals surface area contributed by atoms with E-state index in [1.54, 1.807) is 0 Å². The van der Waals surface area contributed by atoms with Gasteiger partial charge in [0.25, 0.3) is 5.91 Å². The van der Waals surface area contributed by atoms with Crippen LogP contribution in [0.3, 0.4) is 0 Å². The normalized spacial score (nSPS) is 10.5. The highest BCUT2D eigenvalue weighted by Crippen LogP contribution is 2.32. The lowest BCUT2D eigenvalue weighted by molar-refractivity contribution is 0.0998. The van der Waals surface area contributed by atoms with Gasteiger partial charge in [-0.3, -0.25) is 9.78 Å². The van der Waals surface area contributed by atoms with Gasteiger partial charge < -0.3 is 10.5 Å². The van der Waals surface area contributed by atoms with Crippen molar-refractivity contribution in [3.8, 4) is 11.5 Å². The van der Waals surface area contributed by atoms with Crippen molar-refractivity contribution < 1.29 is 9.53 Å². The molecule has 0 fully saturated rings. The Labute approximate surface area is 129 Å². The molecular weight excluding hydrogens is 332 g/mol. The largest absolute Gasteiger partial charge is 0.456 e. The number of benzene rings is 2. The van der Waals surface area contributed by atoms with Crippen molar-refractivity contribution in [1.29, 1.82) is 0 Å². The molecule has 0 aliphatic heterocycles. The lowest BCUT2D eigenvalue weighted by atomic mass is 10.1. The third-order valence-corrected chi connectivity index (χ3v) is 3.55. The van der Waals surface area contributed by atoms with Gasteiger partial charge in [-0.2, -0.15) is 0 Å². The van der Waals surface area contributed by atoms with Crippen molar-refractivity contribution in [2.75, 3.05) is 0 Å². The Morgan fingerprint density at radius 3 is 2.52 bits per heavy atom. The summed E-state index contributed by atoms with van der Waals surface area (Å²) in [5.41, 5.74) is 6.42. The Morgan fingerprint density at radius 1 is 1.10 bits per heavy atom. The predicted octanol–water partition coefficient (Wildman–Crippen LogP) is 3.89. The Bertz CT molecular complexity index is 816. The molecule has 3 aromatic rings. The average molecular weight is 343 g/mol. The second kappa shape index (κ2) is 5.54. The number of rotatable bonds is 3. The van der Waals surface area contributed by atoms with Crippen LogP contribution in [-0.4, -0.2) is 10.9 Å². The van der Waals surface area contributed by atoms with E-state index in [9.17, 15) is 4.79 Å². The molecule has 2 N–H and O–H groups in total. The molecule has 0 unspecified atom stereocenters. The third-order valence-electron chi connectivity index (χ3n) is 3.03. The fourth-order valence-electron chi connectivity index (χ4n) is 2.02. The third kappa shape index (κ3) is 2.73. The van der Waals surface area contributed by atoms with E-state index in [1.165, 1.54) is 6.20 Å². The first kappa shape index (κ1) is 13.6. The number of halogens is 1. The number of ether oxygens (including phenoxy) is 1. The minimum atomic E-state index is -0.569. The summed E-state index contributed by atoms with van der Waals surface area (Å²) in [6.45, 7) is 0. The first-order valence-corrected chi connectivity index (χ1v) is 7.05. The van der Waals surface area contributed by atoms with Crippen LogP contribution in [0.25, 0.3) is 10.9 Å². The van der Waals surface area contributed by atoms with Crippen LogP contribution in [0.1, 0.15) is 10.4 Å². The zero-order valence-electron chi connectivity index (χ0n) is 10.9. The smallest absolute Gasteiger partial charge is 0.254 e. The Balaban J connectivity index is 2.16. The number of nitrogens with zero attached hydrogens (tertiary/aromatic N) is 1. The maximum absolute atomic E-state index is 11.6. The highest BCUT2D eigenvalue weighted by atomic mass is 79.9.